The molecule has 4 rings (SSSR count). The van der Waals surface area contributed by atoms with Gasteiger partial charge in [-0.1, -0.05) is 26.8 Å². The van der Waals surface area contributed by atoms with E-state index < -0.39 is 7.32 Å². The van der Waals surface area contributed by atoms with Gasteiger partial charge in [-0.15, -0.1) is 5.16 Å². The van der Waals surface area contributed by atoms with Gasteiger partial charge < -0.3 is 23.5 Å². The Morgan fingerprint density at radius 3 is 2.56 bits per heavy atom. The number of hydrogen-bond donors (Lipinski definition) is 0. The summed E-state index contributed by atoms with van der Waals surface area (Å²) >= 11 is 0. The minimum atomic E-state index is -0.893. The van der Waals surface area contributed by atoms with E-state index in [9.17, 15) is 0 Å². The molecule has 2 aliphatic heterocycles. The van der Waals surface area contributed by atoms with Crippen LogP contribution in [0.25, 0.3) is 0 Å². The fraction of sp³-hybridized carbons (Fsp3) is 0.278. The van der Waals surface area contributed by atoms with E-state index in [4.69, 9.17) is 23.5 Å². The molecule has 7 heteroatoms. The van der Waals surface area contributed by atoms with E-state index in [0.29, 0.717) is 17.2 Å². The Bertz CT molecular complexity index is 831. The summed E-state index contributed by atoms with van der Waals surface area (Å²) in [7, 11) is -0.893. The van der Waals surface area contributed by atoms with Crippen LogP contribution in [0.1, 0.15) is 31.9 Å². The fourth-order valence-electron chi connectivity index (χ4n) is 2.57. The molecule has 0 unspecified atom stereocenters. The van der Waals surface area contributed by atoms with Crippen molar-refractivity contribution in [3.63, 3.8) is 0 Å². The Balaban J connectivity index is 1.39. The van der Waals surface area contributed by atoms with Gasteiger partial charge in [0.15, 0.2) is 11.5 Å². The molecule has 2 aromatic rings. The van der Waals surface area contributed by atoms with Crippen LogP contribution in [0.15, 0.2) is 41.6 Å². The van der Waals surface area contributed by atoms with Crippen LogP contribution in [-0.4, -0.2) is 20.3 Å². The minimum Gasteiger partial charge on any atom is -0.485 e. The summed E-state index contributed by atoms with van der Waals surface area (Å²) in [5, 5.41) is 3.93. The van der Waals surface area contributed by atoms with Crippen LogP contribution in [0.3, 0.4) is 0 Å². The normalized spacial score (nSPS) is 15.1. The van der Waals surface area contributed by atoms with Crippen molar-refractivity contribution in [2.24, 2.45) is 5.16 Å². The largest absolute Gasteiger partial charge is 0.886 e. The van der Waals surface area contributed by atoms with Crippen molar-refractivity contribution in [2.45, 2.75) is 26.2 Å². The molecule has 0 saturated heterocycles. The van der Waals surface area contributed by atoms with Gasteiger partial charge in [0, 0.05) is 0 Å². The lowest BCUT2D eigenvalue weighted by Crippen LogP contribution is -2.26. The molecule has 2 aliphatic rings. The predicted molar refractivity (Wildman–Crippen MR) is 93.4 cm³/mol. The van der Waals surface area contributed by atoms with Gasteiger partial charge in [0.05, 0.1) is 6.21 Å². The summed E-state index contributed by atoms with van der Waals surface area (Å²) in [6, 6.07) is 11.4. The minimum absolute atomic E-state index is 0.0365. The fourth-order valence-corrected chi connectivity index (χ4v) is 2.57. The molecule has 2 aromatic carbocycles. The summed E-state index contributed by atoms with van der Waals surface area (Å²) in [6.07, 6.45) is 1.57. The maximum Gasteiger partial charge on any atom is 0.886 e. The Morgan fingerprint density at radius 2 is 1.72 bits per heavy atom. The predicted octanol–water partition coefficient (Wildman–Crippen LogP) is 3.52. The molecule has 6 nitrogen and oxygen atoms in total. The van der Waals surface area contributed by atoms with Gasteiger partial charge in [0.1, 0.15) is 11.5 Å². The first kappa shape index (κ1) is 15.7. The molecule has 0 aromatic heterocycles. The van der Waals surface area contributed by atoms with E-state index in [0.717, 1.165) is 11.3 Å². The average molecular weight is 339 g/mol. The first-order valence-electron chi connectivity index (χ1n) is 8.06. The smallest absolute Gasteiger partial charge is 0.485 e. The van der Waals surface area contributed by atoms with E-state index >= 15 is 0 Å². The zero-order valence-corrected chi connectivity index (χ0v) is 14.3. The van der Waals surface area contributed by atoms with E-state index in [1.165, 1.54) is 5.56 Å². The molecule has 2 heterocycles. The second-order valence-corrected chi connectivity index (χ2v) is 6.89. The van der Waals surface area contributed by atoms with Gasteiger partial charge in [-0.2, -0.15) is 0 Å². The molecule has 0 aliphatic carbocycles. The summed E-state index contributed by atoms with van der Waals surface area (Å²) in [4.78, 5) is 0. The van der Waals surface area contributed by atoms with Crippen molar-refractivity contribution in [1.29, 1.82) is 0 Å². The van der Waals surface area contributed by atoms with Crippen LogP contribution in [0.4, 0.5) is 0 Å². The summed E-state index contributed by atoms with van der Waals surface area (Å²) in [6.45, 7) is 6.68. The molecule has 0 amide bonds. The van der Waals surface area contributed by atoms with E-state index in [-0.39, 0.29) is 12.2 Å². The molecular formula is C18H18BNO5. The Labute approximate surface area is 146 Å². The number of oxime groups is 1. The average Bonchev–Trinajstić information content (AvgIpc) is 3.18. The number of fused-ring (bicyclic) bond motifs is 2. The number of rotatable bonds is 3. The number of ether oxygens (including phenoxy) is 2. The molecule has 0 bridgehead atoms. The van der Waals surface area contributed by atoms with Gasteiger partial charge in [-0.25, -0.2) is 0 Å². The van der Waals surface area contributed by atoms with Crippen LogP contribution in [0.2, 0.25) is 0 Å². The van der Waals surface area contributed by atoms with Gasteiger partial charge in [0.25, 0.3) is 0 Å². The zero-order chi connectivity index (χ0) is 17.4. The lowest BCUT2D eigenvalue weighted by molar-refractivity contribution is 0.174. The highest BCUT2D eigenvalue weighted by atomic mass is 16.8. The van der Waals surface area contributed by atoms with Crippen LogP contribution in [0, 0.1) is 0 Å². The van der Waals surface area contributed by atoms with Crippen molar-refractivity contribution >= 4 is 13.5 Å². The van der Waals surface area contributed by atoms with Crippen molar-refractivity contribution in [3.05, 3.63) is 47.5 Å². The molecule has 0 saturated carbocycles. The Kier molecular flexibility index (Phi) is 3.71. The molecule has 0 atom stereocenters. The van der Waals surface area contributed by atoms with Gasteiger partial charge in [-0.05, 0) is 46.9 Å². The SMILES string of the molecule is CC(C)(C)c1ccc2c(c1)OB(O/N=C/c1ccc3c(c1)OCO3)O2. The number of benzene rings is 2. The number of hydrogen-bond acceptors (Lipinski definition) is 6. The molecular weight excluding hydrogens is 321 g/mol. The van der Waals surface area contributed by atoms with E-state index in [1.54, 1.807) is 6.21 Å². The second kappa shape index (κ2) is 5.91. The highest BCUT2D eigenvalue weighted by molar-refractivity contribution is 6.40. The highest BCUT2D eigenvalue weighted by Gasteiger charge is 2.38. The lowest BCUT2D eigenvalue weighted by atomic mass is 9.87. The van der Waals surface area contributed by atoms with Crippen molar-refractivity contribution < 1.29 is 23.5 Å². The van der Waals surface area contributed by atoms with Crippen LogP contribution >= 0.6 is 0 Å². The molecule has 0 radical (unpaired) electrons. The molecule has 0 fully saturated rings. The standard InChI is InChI=1S/C18H18BNO5/c1-18(2,3)13-5-7-15-17(9-13)24-19(23-15)25-20-10-12-4-6-14-16(8-12)22-11-21-14/h4-10H,11H2,1-3H3/b20-10+. The summed E-state index contributed by atoms with van der Waals surface area (Å²) in [5.74, 6) is 2.73. The maximum absolute atomic E-state index is 5.65. The quantitative estimate of drug-likeness (QED) is 0.486. The first-order chi connectivity index (χ1) is 12.0. The third kappa shape index (κ3) is 3.22. The van der Waals surface area contributed by atoms with E-state index in [1.807, 2.05) is 36.4 Å². The van der Waals surface area contributed by atoms with Gasteiger partial charge in [-0.3, -0.25) is 0 Å². The van der Waals surface area contributed by atoms with Gasteiger partial charge in [0.2, 0.25) is 6.79 Å². The Hall–Kier alpha value is -2.83. The van der Waals surface area contributed by atoms with Crippen LogP contribution < -0.4 is 18.8 Å². The molecule has 25 heavy (non-hydrogen) atoms. The molecule has 0 spiro atoms. The van der Waals surface area contributed by atoms with Crippen molar-refractivity contribution in [2.75, 3.05) is 6.79 Å². The first-order valence-corrected chi connectivity index (χ1v) is 8.06. The summed E-state index contributed by atoms with van der Waals surface area (Å²) in [5.41, 5.74) is 2.03. The van der Waals surface area contributed by atoms with Crippen LogP contribution in [0.5, 0.6) is 23.0 Å². The second-order valence-electron chi connectivity index (χ2n) is 6.89. The van der Waals surface area contributed by atoms with Crippen molar-refractivity contribution in [3.8, 4) is 23.0 Å². The number of nitrogens with zero attached hydrogens (tertiary/aromatic N) is 1. The summed E-state index contributed by atoms with van der Waals surface area (Å²) < 4.78 is 27.1. The maximum atomic E-state index is 5.65. The molecule has 0 N–H and O–H groups in total. The van der Waals surface area contributed by atoms with Gasteiger partial charge >= 0.3 is 7.32 Å². The van der Waals surface area contributed by atoms with E-state index in [2.05, 4.69) is 25.9 Å². The zero-order valence-electron chi connectivity index (χ0n) is 14.3. The Morgan fingerprint density at radius 1 is 0.960 bits per heavy atom. The van der Waals surface area contributed by atoms with Crippen molar-refractivity contribution in [1.82, 2.24) is 0 Å². The van der Waals surface area contributed by atoms with Crippen LogP contribution in [-0.2, 0) is 10.2 Å². The highest BCUT2D eigenvalue weighted by Crippen LogP contribution is 2.37. The topological polar surface area (TPSA) is 58.5 Å². The lowest BCUT2D eigenvalue weighted by Gasteiger charge is -2.19. The monoisotopic (exact) mass is 339 g/mol. The third-order valence-electron chi connectivity index (χ3n) is 4.00. The third-order valence-corrected chi connectivity index (χ3v) is 4.00. The molecule has 128 valence electrons.